The first-order valence-electron chi connectivity index (χ1n) is 6.17. The number of anilines is 1. The number of esters is 1. The minimum atomic E-state index is -0.636. The summed E-state index contributed by atoms with van der Waals surface area (Å²) in [6.07, 6.45) is 0. The number of nitro groups is 1. The highest BCUT2D eigenvalue weighted by atomic mass is 32.2. The van der Waals surface area contributed by atoms with Crippen molar-refractivity contribution in [2.45, 2.75) is 16.2 Å². The molecule has 0 unspecified atom stereocenters. The molecule has 1 heterocycles. The zero-order valence-corrected chi connectivity index (χ0v) is 13.4. The molecule has 8 nitrogen and oxygen atoms in total. The van der Waals surface area contributed by atoms with E-state index in [0.29, 0.717) is 14.4 Å². The monoisotopic (exact) mass is 340 g/mol. The Balaban J connectivity index is 2.32. The Morgan fingerprint density at radius 1 is 1.50 bits per heavy atom. The lowest BCUT2D eigenvalue weighted by molar-refractivity contribution is -0.384. The van der Waals surface area contributed by atoms with Crippen LogP contribution in [0.4, 0.5) is 10.8 Å². The molecule has 2 aromatic rings. The largest absolute Gasteiger partial charge is 0.465 e. The summed E-state index contributed by atoms with van der Waals surface area (Å²) in [4.78, 5) is 22.6. The highest BCUT2D eigenvalue weighted by Crippen LogP contribution is 2.35. The number of non-ortho nitro benzene ring substituents is 1. The van der Waals surface area contributed by atoms with E-state index in [1.807, 2.05) is 6.92 Å². The molecule has 0 saturated heterocycles. The van der Waals surface area contributed by atoms with Gasteiger partial charge in [0, 0.05) is 23.6 Å². The third-order valence-corrected chi connectivity index (χ3v) is 4.52. The lowest BCUT2D eigenvalue weighted by Crippen LogP contribution is -2.04. The van der Waals surface area contributed by atoms with Crippen LogP contribution in [0.15, 0.2) is 27.4 Å². The Kier molecular flexibility index (Phi) is 5.28. The molecule has 10 heteroatoms. The quantitative estimate of drug-likeness (QED) is 0.486. The van der Waals surface area contributed by atoms with Crippen LogP contribution in [0.5, 0.6) is 0 Å². The fourth-order valence-electron chi connectivity index (χ4n) is 1.56. The number of carbonyl (C=O) groups excluding carboxylic acids is 1. The second-order valence-electron chi connectivity index (χ2n) is 3.93. The fourth-order valence-corrected chi connectivity index (χ4v) is 3.43. The Morgan fingerprint density at radius 3 is 2.91 bits per heavy atom. The van der Waals surface area contributed by atoms with Crippen LogP contribution in [-0.4, -0.2) is 34.7 Å². The van der Waals surface area contributed by atoms with E-state index in [1.165, 1.54) is 48.4 Å². The summed E-state index contributed by atoms with van der Waals surface area (Å²) in [5.74, 6) is -0.636. The van der Waals surface area contributed by atoms with Gasteiger partial charge < -0.3 is 10.1 Å². The summed E-state index contributed by atoms with van der Waals surface area (Å²) in [5.41, 5.74) is -0.0442. The molecule has 116 valence electrons. The van der Waals surface area contributed by atoms with Crippen LogP contribution in [0.1, 0.15) is 17.3 Å². The minimum absolute atomic E-state index is 0.127. The molecule has 0 bridgehead atoms. The Bertz CT molecular complexity index is 704. The van der Waals surface area contributed by atoms with Gasteiger partial charge in [-0.15, -0.1) is 10.2 Å². The molecular weight excluding hydrogens is 328 g/mol. The number of ether oxygens (including phenoxy) is 1. The maximum atomic E-state index is 11.8. The van der Waals surface area contributed by atoms with Crippen molar-refractivity contribution in [1.29, 1.82) is 0 Å². The SMILES string of the molecule is CCNc1nnc(Sc2ccc([N+](=O)[O-])cc2C(=O)OC)s1. The van der Waals surface area contributed by atoms with Crippen molar-refractivity contribution in [3.63, 3.8) is 0 Å². The lowest BCUT2D eigenvalue weighted by Gasteiger charge is -2.05. The summed E-state index contributed by atoms with van der Waals surface area (Å²) in [5, 5.41) is 22.5. The Hall–Kier alpha value is -2.20. The number of hydrogen-bond acceptors (Lipinski definition) is 9. The molecule has 1 aromatic carbocycles. The summed E-state index contributed by atoms with van der Waals surface area (Å²) in [6.45, 7) is 2.67. The molecule has 0 amide bonds. The van der Waals surface area contributed by atoms with E-state index in [1.54, 1.807) is 0 Å². The number of nitro benzene ring substituents is 1. The number of hydrogen-bond donors (Lipinski definition) is 1. The third-order valence-electron chi connectivity index (χ3n) is 2.51. The number of nitrogens with one attached hydrogen (secondary N) is 1. The van der Waals surface area contributed by atoms with E-state index in [9.17, 15) is 14.9 Å². The van der Waals surface area contributed by atoms with Gasteiger partial charge in [-0.3, -0.25) is 10.1 Å². The first-order valence-corrected chi connectivity index (χ1v) is 7.80. The van der Waals surface area contributed by atoms with E-state index in [4.69, 9.17) is 0 Å². The number of aromatic nitrogens is 2. The van der Waals surface area contributed by atoms with Crippen molar-refractivity contribution in [1.82, 2.24) is 10.2 Å². The van der Waals surface area contributed by atoms with E-state index in [2.05, 4.69) is 20.3 Å². The molecule has 0 atom stereocenters. The summed E-state index contributed by atoms with van der Waals surface area (Å²) >= 11 is 2.54. The second-order valence-corrected chi connectivity index (χ2v) is 6.20. The van der Waals surface area contributed by atoms with Crippen LogP contribution < -0.4 is 5.32 Å². The number of benzene rings is 1. The minimum Gasteiger partial charge on any atom is -0.465 e. The smallest absolute Gasteiger partial charge is 0.339 e. The molecule has 0 aliphatic rings. The van der Waals surface area contributed by atoms with Gasteiger partial charge in [0.25, 0.3) is 5.69 Å². The van der Waals surface area contributed by atoms with Gasteiger partial charge in [-0.25, -0.2) is 4.79 Å². The summed E-state index contributed by atoms with van der Waals surface area (Å²) < 4.78 is 5.29. The van der Waals surface area contributed by atoms with Crippen LogP contribution in [0, 0.1) is 10.1 Å². The van der Waals surface area contributed by atoms with Gasteiger partial charge in [0.05, 0.1) is 17.6 Å². The molecule has 0 spiro atoms. The van der Waals surface area contributed by atoms with E-state index in [0.717, 1.165) is 6.54 Å². The molecule has 1 N–H and O–H groups in total. The van der Waals surface area contributed by atoms with Crippen LogP contribution in [-0.2, 0) is 4.74 Å². The predicted molar refractivity (Wildman–Crippen MR) is 82.6 cm³/mol. The summed E-state index contributed by atoms with van der Waals surface area (Å²) in [6, 6.07) is 4.03. The highest BCUT2D eigenvalue weighted by molar-refractivity contribution is 8.01. The molecule has 0 aliphatic heterocycles. The molecule has 0 saturated carbocycles. The van der Waals surface area contributed by atoms with Crippen molar-refractivity contribution < 1.29 is 14.5 Å². The van der Waals surface area contributed by atoms with Gasteiger partial charge >= 0.3 is 5.97 Å². The maximum absolute atomic E-state index is 11.8. The molecule has 0 radical (unpaired) electrons. The van der Waals surface area contributed by atoms with Gasteiger partial charge in [0.2, 0.25) is 5.13 Å². The van der Waals surface area contributed by atoms with Crippen molar-refractivity contribution in [3.8, 4) is 0 Å². The molecule has 1 aromatic heterocycles. The van der Waals surface area contributed by atoms with Crippen LogP contribution in [0.3, 0.4) is 0 Å². The molecular formula is C12H12N4O4S2. The van der Waals surface area contributed by atoms with Gasteiger partial charge in [0.15, 0.2) is 4.34 Å². The normalized spacial score (nSPS) is 10.3. The standard InChI is InChI=1S/C12H12N4O4S2/c1-3-13-11-14-15-12(22-11)21-9-5-4-7(16(18)19)6-8(9)10(17)20-2/h4-6H,3H2,1-2H3,(H,13,14). The molecule has 2 rings (SSSR count). The van der Waals surface area contributed by atoms with Crippen molar-refractivity contribution in [2.75, 3.05) is 19.0 Å². The lowest BCUT2D eigenvalue weighted by atomic mass is 10.2. The van der Waals surface area contributed by atoms with Crippen molar-refractivity contribution in [3.05, 3.63) is 33.9 Å². The van der Waals surface area contributed by atoms with E-state index >= 15 is 0 Å². The Labute approximate surface area is 134 Å². The van der Waals surface area contributed by atoms with Crippen LogP contribution >= 0.6 is 23.1 Å². The molecule has 22 heavy (non-hydrogen) atoms. The zero-order chi connectivity index (χ0) is 16.1. The fraction of sp³-hybridized carbons (Fsp3) is 0.250. The van der Waals surface area contributed by atoms with Gasteiger partial charge in [-0.05, 0) is 13.0 Å². The van der Waals surface area contributed by atoms with Gasteiger partial charge in [0.1, 0.15) is 0 Å². The molecule has 0 aliphatic carbocycles. The maximum Gasteiger partial charge on any atom is 0.339 e. The van der Waals surface area contributed by atoms with E-state index < -0.39 is 10.9 Å². The van der Waals surface area contributed by atoms with Gasteiger partial charge in [-0.2, -0.15) is 0 Å². The zero-order valence-electron chi connectivity index (χ0n) is 11.7. The summed E-state index contributed by atoms with van der Waals surface area (Å²) in [7, 11) is 1.23. The molecule has 0 fully saturated rings. The number of nitrogens with zero attached hydrogens (tertiary/aromatic N) is 3. The first-order chi connectivity index (χ1) is 10.5. The van der Waals surface area contributed by atoms with Crippen molar-refractivity contribution >= 4 is 39.9 Å². The third kappa shape index (κ3) is 3.71. The average Bonchev–Trinajstić information content (AvgIpc) is 2.94. The predicted octanol–water partition coefficient (Wildman–Crippen LogP) is 2.82. The Morgan fingerprint density at radius 2 is 2.27 bits per heavy atom. The number of rotatable bonds is 6. The number of carbonyl (C=O) groups is 1. The first kappa shape index (κ1) is 16.2. The van der Waals surface area contributed by atoms with Crippen molar-refractivity contribution in [2.24, 2.45) is 0 Å². The van der Waals surface area contributed by atoms with Crippen LogP contribution in [0.25, 0.3) is 0 Å². The van der Waals surface area contributed by atoms with Crippen LogP contribution in [0.2, 0.25) is 0 Å². The number of methoxy groups -OCH3 is 1. The highest BCUT2D eigenvalue weighted by Gasteiger charge is 2.19. The van der Waals surface area contributed by atoms with E-state index in [-0.39, 0.29) is 11.3 Å². The second kappa shape index (κ2) is 7.18. The topological polar surface area (TPSA) is 107 Å². The van der Waals surface area contributed by atoms with Gasteiger partial charge in [-0.1, -0.05) is 23.1 Å². The average molecular weight is 340 g/mol.